The van der Waals surface area contributed by atoms with Crippen LogP contribution in [0, 0.1) is 0 Å². The van der Waals surface area contributed by atoms with Crippen LogP contribution >= 0.6 is 0 Å². The van der Waals surface area contributed by atoms with Gasteiger partial charge in [-0.2, -0.15) is 5.10 Å². The number of amides is 2. The van der Waals surface area contributed by atoms with Gasteiger partial charge in [-0.25, -0.2) is 18.4 Å². The number of rotatable bonds is 8. The Morgan fingerprint density at radius 1 is 1.09 bits per heavy atom. The molecule has 9 nitrogen and oxygen atoms in total. The fraction of sp³-hybridized carbons (Fsp3) is 0.250. The number of carboxylic acid groups (broad SMARTS) is 1. The summed E-state index contributed by atoms with van der Waals surface area (Å²) in [5, 5.41) is 17.4. The molecule has 11 heteroatoms. The predicted octanol–water partition coefficient (Wildman–Crippen LogP) is 3.62. The van der Waals surface area contributed by atoms with Crippen LogP contribution < -0.4 is 10.6 Å². The van der Waals surface area contributed by atoms with Crippen molar-refractivity contribution in [2.24, 2.45) is 7.05 Å². The number of halogens is 2. The highest BCUT2D eigenvalue weighted by atomic mass is 19.3. The summed E-state index contributed by atoms with van der Waals surface area (Å²) in [6.45, 7) is -0.0617. The minimum absolute atomic E-state index is 0.0617. The Hall–Kier alpha value is -4.28. The van der Waals surface area contributed by atoms with E-state index < -0.39 is 36.9 Å². The number of aromatic nitrogens is 2. The van der Waals surface area contributed by atoms with E-state index in [9.17, 15) is 28.3 Å². The molecule has 1 atom stereocenters. The van der Waals surface area contributed by atoms with E-state index in [1.165, 1.54) is 7.05 Å². The van der Waals surface area contributed by atoms with Crippen LogP contribution in [0.15, 0.2) is 54.7 Å². The summed E-state index contributed by atoms with van der Waals surface area (Å²) in [6.07, 6.45) is -3.93. The first-order valence-electron chi connectivity index (χ1n) is 10.7. The number of alkyl halides is 2. The molecule has 2 amide bonds. The molecule has 182 valence electrons. The molecule has 1 unspecified atom stereocenters. The highest BCUT2D eigenvalue weighted by Crippen LogP contribution is 2.44. The van der Waals surface area contributed by atoms with Gasteiger partial charge in [0.2, 0.25) is 12.3 Å². The van der Waals surface area contributed by atoms with Crippen molar-refractivity contribution in [1.82, 2.24) is 15.1 Å². The van der Waals surface area contributed by atoms with Crippen molar-refractivity contribution in [3.8, 4) is 11.1 Å². The number of carboxylic acids is 1. The summed E-state index contributed by atoms with van der Waals surface area (Å²) in [5.41, 5.74) is 3.68. The summed E-state index contributed by atoms with van der Waals surface area (Å²) in [5.74, 6) is -2.83. The monoisotopic (exact) mass is 484 g/mol. The summed E-state index contributed by atoms with van der Waals surface area (Å²) in [6, 6.07) is 13.7. The molecule has 3 N–H and O–H groups in total. The van der Waals surface area contributed by atoms with Gasteiger partial charge in [0, 0.05) is 19.4 Å². The zero-order valence-electron chi connectivity index (χ0n) is 18.6. The molecule has 35 heavy (non-hydrogen) atoms. The van der Waals surface area contributed by atoms with Crippen molar-refractivity contribution >= 4 is 23.8 Å². The van der Waals surface area contributed by atoms with E-state index in [0.717, 1.165) is 33.1 Å². The van der Waals surface area contributed by atoms with Crippen molar-refractivity contribution in [2.45, 2.75) is 24.8 Å². The van der Waals surface area contributed by atoms with Crippen LogP contribution in [0.4, 0.5) is 19.4 Å². The lowest BCUT2D eigenvalue weighted by Gasteiger charge is -2.19. The second kappa shape index (κ2) is 9.92. The van der Waals surface area contributed by atoms with Crippen molar-refractivity contribution in [3.05, 3.63) is 71.4 Å². The SMILES string of the molecule is Cn1ncc(C(=O)O)c1NC(=O)C(CC(F)F)NC(=O)OCC1c2ccccc2-c2ccccc21. The van der Waals surface area contributed by atoms with Crippen molar-refractivity contribution in [1.29, 1.82) is 0 Å². The van der Waals surface area contributed by atoms with Crippen LogP contribution in [0.2, 0.25) is 0 Å². The Balaban J connectivity index is 1.45. The van der Waals surface area contributed by atoms with Crippen LogP contribution in [-0.4, -0.2) is 51.9 Å². The molecule has 0 aliphatic heterocycles. The van der Waals surface area contributed by atoms with E-state index in [0.29, 0.717) is 0 Å². The maximum atomic E-state index is 13.1. The van der Waals surface area contributed by atoms with Gasteiger partial charge < -0.3 is 20.5 Å². The number of hydrogen-bond acceptors (Lipinski definition) is 5. The Bertz CT molecular complexity index is 1230. The fourth-order valence-corrected chi connectivity index (χ4v) is 4.14. The maximum Gasteiger partial charge on any atom is 0.407 e. The van der Waals surface area contributed by atoms with E-state index in [1.54, 1.807) is 0 Å². The Morgan fingerprint density at radius 3 is 2.26 bits per heavy atom. The number of fused-ring (bicyclic) bond motifs is 3. The lowest BCUT2D eigenvalue weighted by atomic mass is 9.98. The van der Waals surface area contributed by atoms with Gasteiger partial charge in [-0.1, -0.05) is 48.5 Å². The highest BCUT2D eigenvalue weighted by Gasteiger charge is 2.31. The molecule has 0 bridgehead atoms. The Morgan fingerprint density at radius 2 is 1.69 bits per heavy atom. The molecule has 1 aliphatic carbocycles. The average Bonchev–Trinajstić information content (AvgIpc) is 3.35. The topological polar surface area (TPSA) is 123 Å². The van der Waals surface area contributed by atoms with Crippen molar-refractivity contribution in [3.63, 3.8) is 0 Å². The third-order valence-electron chi connectivity index (χ3n) is 5.78. The first kappa shape index (κ1) is 23.9. The Labute approximate surface area is 198 Å². The number of ether oxygens (including phenoxy) is 1. The highest BCUT2D eigenvalue weighted by molar-refractivity contribution is 6.01. The third-order valence-corrected chi connectivity index (χ3v) is 5.78. The van der Waals surface area contributed by atoms with Gasteiger partial charge in [0.05, 0.1) is 6.20 Å². The predicted molar refractivity (Wildman–Crippen MR) is 121 cm³/mol. The van der Waals surface area contributed by atoms with Crippen molar-refractivity contribution < 1.29 is 33.0 Å². The van der Waals surface area contributed by atoms with Crippen LogP contribution in [0.25, 0.3) is 11.1 Å². The van der Waals surface area contributed by atoms with Crippen molar-refractivity contribution in [2.75, 3.05) is 11.9 Å². The number of nitrogens with zero attached hydrogens (tertiary/aromatic N) is 2. The zero-order valence-corrected chi connectivity index (χ0v) is 18.6. The standard InChI is InChI=1S/C24H22F2N4O5/c1-30-21(17(11-27-30)23(32)33)29-22(31)19(10-20(25)26)28-24(34)35-12-18-15-8-4-2-6-13(15)14-7-3-5-9-16(14)18/h2-9,11,18-20H,10,12H2,1H3,(H,28,34)(H,29,31)(H,32,33). The lowest BCUT2D eigenvalue weighted by Crippen LogP contribution is -2.45. The Kier molecular flexibility index (Phi) is 6.76. The van der Waals surface area contributed by atoms with Crippen LogP contribution in [-0.2, 0) is 16.6 Å². The molecule has 0 spiro atoms. The largest absolute Gasteiger partial charge is 0.477 e. The third kappa shape index (κ3) is 4.98. The minimum atomic E-state index is -2.91. The van der Waals surface area contributed by atoms with Crippen LogP contribution in [0.3, 0.4) is 0 Å². The van der Waals surface area contributed by atoms with Gasteiger partial charge >= 0.3 is 12.1 Å². The van der Waals surface area contributed by atoms with E-state index >= 15 is 0 Å². The first-order chi connectivity index (χ1) is 16.8. The number of carbonyl (C=O) groups excluding carboxylic acids is 2. The molecule has 0 saturated heterocycles. The molecule has 3 aromatic rings. The molecule has 4 rings (SSSR count). The van der Waals surface area contributed by atoms with Gasteiger partial charge in [-0.15, -0.1) is 0 Å². The summed E-state index contributed by atoms with van der Waals surface area (Å²) < 4.78 is 32.7. The average molecular weight is 484 g/mol. The number of carbonyl (C=O) groups is 3. The van der Waals surface area contributed by atoms with Gasteiger partial charge in [-0.05, 0) is 22.3 Å². The molecular formula is C24H22F2N4O5. The quantitative estimate of drug-likeness (QED) is 0.449. The van der Waals surface area contributed by atoms with Crippen LogP contribution in [0.5, 0.6) is 0 Å². The van der Waals surface area contributed by atoms with E-state index in [2.05, 4.69) is 15.7 Å². The first-order valence-corrected chi connectivity index (χ1v) is 10.7. The van der Waals surface area contributed by atoms with Crippen LogP contribution in [0.1, 0.15) is 33.8 Å². The molecule has 0 fully saturated rings. The summed E-state index contributed by atoms with van der Waals surface area (Å²) in [7, 11) is 1.38. The van der Waals surface area contributed by atoms with Gasteiger partial charge in [-0.3, -0.25) is 9.48 Å². The molecule has 1 heterocycles. The molecule has 1 aromatic heterocycles. The second-order valence-electron chi connectivity index (χ2n) is 7.97. The number of nitrogens with one attached hydrogen (secondary N) is 2. The lowest BCUT2D eigenvalue weighted by molar-refractivity contribution is -0.119. The summed E-state index contributed by atoms with van der Waals surface area (Å²) >= 11 is 0. The summed E-state index contributed by atoms with van der Waals surface area (Å²) in [4.78, 5) is 36.5. The fourth-order valence-electron chi connectivity index (χ4n) is 4.14. The number of aryl methyl sites for hydroxylation is 1. The second-order valence-corrected chi connectivity index (χ2v) is 7.97. The number of aromatic carboxylic acids is 1. The van der Waals surface area contributed by atoms with E-state index in [4.69, 9.17) is 4.74 Å². The van der Waals surface area contributed by atoms with E-state index in [-0.39, 0.29) is 23.9 Å². The smallest absolute Gasteiger partial charge is 0.407 e. The molecule has 1 aliphatic rings. The zero-order chi connectivity index (χ0) is 25.1. The maximum absolute atomic E-state index is 13.1. The molecular weight excluding hydrogens is 462 g/mol. The normalized spacial score (nSPS) is 13.1. The van der Waals surface area contributed by atoms with E-state index in [1.807, 2.05) is 48.5 Å². The molecule has 2 aromatic carbocycles. The molecule has 0 saturated carbocycles. The number of anilines is 1. The number of alkyl carbamates (subject to hydrolysis) is 1. The minimum Gasteiger partial charge on any atom is -0.477 e. The van der Waals surface area contributed by atoms with Gasteiger partial charge in [0.15, 0.2) is 0 Å². The van der Waals surface area contributed by atoms with Gasteiger partial charge in [0.1, 0.15) is 24.0 Å². The molecule has 0 radical (unpaired) electrons. The number of benzene rings is 2. The number of hydrogen-bond donors (Lipinski definition) is 3. The van der Waals surface area contributed by atoms with Gasteiger partial charge in [0.25, 0.3) is 0 Å².